The fraction of sp³-hybridized carbons (Fsp3) is 0.444. The molecule has 0 spiro atoms. The Morgan fingerprint density at radius 3 is 1.76 bits per heavy atom. The van der Waals surface area contributed by atoms with Crippen molar-refractivity contribution in [2.24, 2.45) is 0 Å². The van der Waals surface area contributed by atoms with E-state index in [1.54, 1.807) is 0 Å². The molecule has 0 aliphatic carbocycles. The number of allylic oxidation sites excluding steroid dienone is 10. The third kappa shape index (κ3) is 23.3. The van der Waals surface area contributed by atoms with Crippen LogP contribution in [0.2, 0.25) is 0 Å². The zero-order valence-corrected chi connectivity index (χ0v) is 20.1. The zero-order chi connectivity index (χ0) is 24.4. The van der Waals surface area contributed by atoms with E-state index in [2.05, 4.69) is 83.1 Å². The van der Waals surface area contributed by atoms with Crippen LogP contribution >= 0.6 is 0 Å². The summed E-state index contributed by atoms with van der Waals surface area (Å²) in [6, 6.07) is 0. The molecule has 0 rings (SSSR count). The number of unbranched alkanes of at least 4 members (excludes halogenated alkanes) is 1. The van der Waals surface area contributed by atoms with Gasteiger partial charge >= 0.3 is 5.97 Å². The van der Waals surface area contributed by atoms with Crippen molar-refractivity contribution >= 4 is 17.8 Å². The summed E-state index contributed by atoms with van der Waals surface area (Å²) in [6.45, 7) is 2.78. The van der Waals surface area contributed by atoms with E-state index >= 15 is 0 Å². The van der Waals surface area contributed by atoms with Crippen molar-refractivity contribution in [3.8, 4) is 0 Å². The van der Waals surface area contributed by atoms with E-state index < -0.39 is 11.9 Å². The molecule has 0 saturated carbocycles. The molecule has 33 heavy (non-hydrogen) atoms. The van der Waals surface area contributed by atoms with Crippen LogP contribution in [-0.4, -0.2) is 38.0 Å². The molecule has 0 aromatic heterocycles. The molecule has 6 heteroatoms. The number of hydrogen-bond donors (Lipinski definition) is 2. The fourth-order valence-electron chi connectivity index (χ4n) is 2.50. The summed E-state index contributed by atoms with van der Waals surface area (Å²) in [4.78, 5) is 34.0. The van der Waals surface area contributed by atoms with Gasteiger partial charge in [0, 0.05) is 31.7 Å². The zero-order valence-electron chi connectivity index (χ0n) is 20.1. The largest absolute Gasteiger partial charge is 0.466 e. The molecule has 0 fully saturated rings. The Morgan fingerprint density at radius 1 is 0.697 bits per heavy atom. The third-order valence-corrected chi connectivity index (χ3v) is 4.25. The lowest BCUT2D eigenvalue weighted by molar-refractivity contribution is -0.135. The van der Waals surface area contributed by atoms with E-state index in [4.69, 9.17) is 0 Å². The number of methoxy groups -OCH3 is 1. The van der Waals surface area contributed by atoms with Crippen molar-refractivity contribution in [3.63, 3.8) is 0 Å². The first-order valence-electron chi connectivity index (χ1n) is 11.7. The van der Waals surface area contributed by atoms with Crippen molar-refractivity contribution in [1.29, 1.82) is 0 Å². The number of amides is 2. The van der Waals surface area contributed by atoms with E-state index in [0.717, 1.165) is 57.1 Å². The molecule has 0 aromatic rings. The van der Waals surface area contributed by atoms with Gasteiger partial charge in [0.2, 0.25) is 11.8 Å². The molecular formula is C27H40N2O4. The van der Waals surface area contributed by atoms with E-state index in [0.29, 0.717) is 19.5 Å². The summed E-state index contributed by atoms with van der Waals surface area (Å²) < 4.78 is 4.39. The van der Waals surface area contributed by atoms with Gasteiger partial charge in [-0.1, -0.05) is 67.7 Å². The number of rotatable bonds is 18. The highest BCUT2D eigenvalue weighted by molar-refractivity contribution is 5.94. The molecule has 182 valence electrons. The Labute approximate surface area is 199 Å². The van der Waals surface area contributed by atoms with Crippen molar-refractivity contribution in [1.82, 2.24) is 10.6 Å². The van der Waals surface area contributed by atoms with Crippen LogP contribution in [0.3, 0.4) is 0 Å². The van der Waals surface area contributed by atoms with Gasteiger partial charge < -0.3 is 15.4 Å². The van der Waals surface area contributed by atoms with Crippen LogP contribution in [0.15, 0.2) is 72.9 Å². The van der Waals surface area contributed by atoms with Crippen molar-refractivity contribution in [2.75, 3.05) is 20.2 Å². The highest BCUT2D eigenvalue weighted by atomic mass is 16.5. The maximum Gasteiger partial charge on any atom is 0.330 e. The number of carbonyl (C=O) groups is 3. The van der Waals surface area contributed by atoms with Gasteiger partial charge in [0.15, 0.2) is 0 Å². The van der Waals surface area contributed by atoms with Gasteiger partial charge in [-0.2, -0.15) is 0 Å². The molecular weight excluding hydrogens is 416 g/mol. The number of hydrogen-bond acceptors (Lipinski definition) is 4. The number of esters is 1. The van der Waals surface area contributed by atoms with Crippen LogP contribution < -0.4 is 10.6 Å². The molecule has 0 heterocycles. The minimum absolute atomic E-state index is 0.0401. The summed E-state index contributed by atoms with van der Waals surface area (Å²) in [5, 5.41) is 5.32. The minimum atomic E-state index is -0.592. The van der Waals surface area contributed by atoms with Crippen molar-refractivity contribution < 1.29 is 19.1 Å². The lowest BCUT2D eigenvalue weighted by Gasteiger charge is -2.05. The topological polar surface area (TPSA) is 84.5 Å². The predicted octanol–water partition coefficient (Wildman–Crippen LogP) is 4.87. The first kappa shape index (κ1) is 29.9. The van der Waals surface area contributed by atoms with Crippen LogP contribution in [-0.2, 0) is 19.1 Å². The third-order valence-electron chi connectivity index (χ3n) is 4.25. The SMILES string of the molecule is CCC=CCC=CCC=CCC=CCC=CCCCC(=O)NCCNC(=O)/C=C/C(=O)OC. The fourth-order valence-corrected chi connectivity index (χ4v) is 2.50. The standard InChI is InChI=1S/C27H40N2O4/c1-3-4-5-6-7-8-9-10-11-12-13-14-15-16-17-18-19-20-25(30)28-23-24-29-26(31)21-22-27(32)33-2/h4-5,7-8,10-11,13-14,16-17,21-22H,3,6,9,12,15,18-20,23-24H2,1-2H3,(H,28,30)(H,29,31)/b5-4?,8-7?,11-10?,14-13?,17-16?,22-21+. The second-order valence-electron chi connectivity index (χ2n) is 7.10. The van der Waals surface area contributed by atoms with E-state index in [1.807, 2.05) is 0 Å². The molecule has 2 amide bonds. The molecule has 0 bridgehead atoms. The highest BCUT2D eigenvalue weighted by Gasteiger charge is 2.01. The predicted molar refractivity (Wildman–Crippen MR) is 135 cm³/mol. The van der Waals surface area contributed by atoms with E-state index in [-0.39, 0.29) is 5.91 Å². The van der Waals surface area contributed by atoms with Crippen LogP contribution in [0.4, 0.5) is 0 Å². The molecule has 2 N–H and O–H groups in total. The van der Waals surface area contributed by atoms with E-state index in [1.165, 1.54) is 7.11 Å². The van der Waals surface area contributed by atoms with Gasteiger partial charge in [-0.15, -0.1) is 0 Å². The maximum absolute atomic E-state index is 11.8. The molecule has 0 aliphatic heterocycles. The van der Waals surface area contributed by atoms with Crippen LogP contribution in [0, 0.1) is 0 Å². The lowest BCUT2D eigenvalue weighted by atomic mass is 10.2. The van der Waals surface area contributed by atoms with Crippen LogP contribution in [0.1, 0.15) is 58.3 Å². The van der Waals surface area contributed by atoms with E-state index in [9.17, 15) is 14.4 Å². The smallest absolute Gasteiger partial charge is 0.330 e. The average molecular weight is 457 g/mol. The quantitative estimate of drug-likeness (QED) is 0.133. The summed E-state index contributed by atoms with van der Waals surface area (Å²) >= 11 is 0. The Balaban J connectivity index is 3.62. The average Bonchev–Trinajstić information content (AvgIpc) is 2.82. The van der Waals surface area contributed by atoms with Gasteiger partial charge in [-0.25, -0.2) is 4.79 Å². The summed E-state index contributed by atoms with van der Waals surface area (Å²) in [6.07, 6.45) is 30.8. The van der Waals surface area contributed by atoms with Crippen LogP contribution in [0.5, 0.6) is 0 Å². The Bertz CT molecular complexity index is 716. The molecule has 0 atom stereocenters. The Hall–Kier alpha value is -3.15. The minimum Gasteiger partial charge on any atom is -0.466 e. The normalized spacial score (nSPS) is 12.2. The second kappa shape index (κ2) is 23.5. The Kier molecular flexibility index (Phi) is 21.3. The van der Waals surface area contributed by atoms with Crippen molar-refractivity contribution in [3.05, 3.63) is 72.9 Å². The monoisotopic (exact) mass is 456 g/mol. The summed E-state index contributed by atoms with van der Waals surface area (Å²) in [5.41, 5.74) is 0. The second-order valence-corrected chi connectivity index (χ2v) is 7.10. The number of carbonyl (C=O) groups excluding carboxylic acids is 3. The molecule has 6 nitrogen and oxygen atoms in total. The first-order valence-corrected chi connectivity index (χ1v) is 11.7. The maximum atomic E-state index is 11.8. The van der Waals surface area contributed by atoms with Gasteiger partial charge in [0.25, 0.3) is 0 Å². The molecule has 0 aliphatic rings. The summed E-state index contributed by atoms with van der Waals surface area (Å²) in [7, 11) is 1.24. The van der Waals surface area contributed by atoms with Gasteiger partial charge in [0.05, 0.1) is 7.11 Å². The van der Waals surface area contributed by atoms with Gasteiger partial charge in [0.1, 0.15) is 0 Å². The van der Waals surface area contributed by atoms with Crippen LogP contribution in [0.25, 0.3) is 0 Å². The number of nitrogens with one attached hydrogen (secondary N) is 2. The van der Waals surface area contributed by atoms with Gasteiger partial charge in [-0.3, -0.25) is 9.59 Å². The first-order chi connectivity index (χ1) is 16.1. The summed E-state index contributed by atoms with van der Waals surface area (Å²) in [5.74, 6) is -1.04. The molecule has 0 unspecified atom stereocenters. The molecule has 0 radical (unpaired) electrons. The number of ether oxygens (including phenoxy) is 1. The molecule has 0 saturated heterocycles. The molecule has 0 aromatic carbocycles. The van der Waals surface area contributed by atoms with Crippen molar-refractivity contribution in [2.45, 2.75) is 58.3 Å². The van der Waals surface area contributed by atoms with Gasteiger partial charge in [-0.05, 0) is 44.9 Å². The highest BCUT2D eigenvalue weighted by Crippen LogP contribution is 1.99. The Morgan fingerprint density at radius 2 is 1.21 bits per heavy atom. The lowest BCUT2D eigenvalue weighted by Crippen LogP contribution is -2.33.